The number of fused-ring (bicyclic) bond motifs is 1. The second kappa shape index (κ2) is 7.24. The van der Waals surface area contributed by atoms with Crippen LogP contribution in [0.4, 0.5) is 16.2 Å². The molecule has 2 saturated heterocycles. The molecule has 0 saturated carbocycles. The predicted molar refractivity (Wildman–Crippen MR) is 107 cm³/mol. The van der Waals surface area contributed by atoms with E-state index in [4.69, 9.17) is 5.26 Å². The first-order valence-electron chi connectivity index (χ1n) is 9.84. The number of hydrogen-bond donors (Lipinski definition) is 0. The zero-order chi connectivity index (χ0) is 19.8. The molecule has 5 rings (SSSR count). The highest BCUT2D eigenvalue weighted by molar-refractivity contribution is 5.78. The number of anilines is 2. The average Bonchev–Trinajstić information content (AvgIpc) is 2.73. The van der Waals surface area contributed by atoms with E-state index in [1.165, 1.54) is 12.1 Å². The Morgan fingerprint density at radius 3 is 2.62 bits per heavy atom. The standard InChI is InChI=1S/C21H20FN7/c22-17-1-2-18-15(9-17)11-26-21(27-18)29-12-16(13-29)19-20(25-6-5-24-19)28-7-3-14(10-23)4-8-28/h1-2,5-6,9,11,14,16H,3-4,7-8,12-13H2. The van der Waals surface area contributed by atoms with Gasteiger partial charge in [0.15, 0.2) is 5.82 Å². The van der Waals surface area contributed by atoms with Gasteiger partial charge in [-0.15, -0.1) is 0 Å². The minimum absolute atomic E-state index is 0.143. The molecule has 0 atom stereocenters. The Balaban J connectivity index is 1.31. The summed E-state index contributed by atoms with van der Waals surface area (Å²) < 4.78 is 13.3. The minimum Gasteiger partial charge on any atom is -0.355 e. The summed E-state index contributed by atoms with van der Waals surface area (Å²) in [6, 6.07) is 6.91. The highest BCUT2D eigenvalue weighted by Gasteiger charge is 2.34. The molecule has 2 aromatic heterocycles. The van der Waals surface area contributed by atoms with Crippen LogP contribution in [0, 0.1) is 23.1 Å². The van der Waals surface area contributed by atoms with E-state index in [-0.39, 0.29) is 17.7 Å². The predicted octanol–water partition coefficient (Wildman–Crippen LogP) is 2.90. The summed E-state index contributed by atoms with van der Waals surface area (Å²) in [5, 5.41) is 9.82. The Morgan fingerprint density at radius 1 is 1.03 bits per heavy atom. The molecule has 2 fully saturated rings. The van der Waals surface area contributed by atoms with Gasteiger partial charge in [-0.3, -0.25) is 4.98 Å². The van der Waals surface area contributed by atoms with E-state index >= 15 is 0 Å². The first-order chi connectivity index (χ1) is 14.2. The largest absolute Gasteiger partial charge is 0.355 e. The molecule has 0 spiro atoms. The van der Waals surface area contributed by atoms with Crippen LogP contribution in [0.2, 0.25) is 0 Å². The van der Waals surface area contributed by atoms with Crippen molar-refractivity contribution >= 4 is 22.7 Å². The van der Waals surface area contributed by atoms with Gasteiger partial charge in [-0.1, -0.05) is 0 Å². The van der Waals surface area contributed by atoms with E-state index in [2.05, 4.69) is 35.8 Å². The molecule has 2 aliphatic heterocycles. The lowest BCUT2D eigenvalue weighted by atomic mass is 9.94. The maximum Gasteiger partial charge on any atom is 0.225 e. The van der Waals surface area contributed by atoms with Gasteiger partial charge in [0.2, 0.25) is 5.95 Å². The smallest absolute Gasteiger partial charge is 0.225 e. The van der Waals surface area contributed by atoms with E-state index in [1.54, 1.807) is 24.7 Å². The minimum atomic E-state index is -0.285. The molecule has 7 nitrogen and oxygen atoms in total. The van der Waals surface area contributed by atoms with Crippen LogP contribution >= 0.6 is 0 Å². The van der Waals surface area contributed by atoms with E-state index in [1.807, 2.05) is 0 Å². The third-order valence-electron chi connectivity index (χ3n) is 5.76. The van der Waals surface area contributed by atoms with Crippen molar-refractivity contribution in [1.82, 2.24) is 19.9 Å². The molecule has 0 N–H and O–H groups in total. The van der Waals surface area contributed by atoms with Gasteiger partial charge in [0, 0.05) is 62.0 Å². The lowest BCUT2D eigenvalue weighted by Crippen LogP contribution is -2.47. The zero-order valence-electron chi connectivity index (χ0n) is 15.9. The van der Waals surface area contributed by atoms with Crippen molar-refractivity contribution in [2.24, 2.45) is 5.92 Å². The maximum absolute atomic E-state index is 13.3. The fourth-order valence-corrected chi connectivity index (χ4v) is 4.06. The fraction of sp³-hybridized carbons (Fsp3) is 0.381. The van der Waals surface area contributed by atoms with Crippen molar-refractivity contribution in [3.8, 4) is 6.07 Å². The number of aromatic nitrogens is 4. The van der Waals surface area contributed by atoms with E-state index < -0.39 is 0 Å². The first-order valence-corrected chi connectivity index (χ1v) is 9.84. The Hall–Kier alpha value is -3.34. The zero-order valence-corrected chi connectivity index (χ0v) is 15.9. The van der Waals surface area contributed by atoms with Crippen molar-refractivity contribution in [1.29, 1.82) is 5.26 Å². The fourth-order valence-electron chi connectivity index (χ4n) is 4.06. The van der Waals surface area contributed by atoms with E-state index in [9.17, 15) is 4.39 Å². The normalized spacial score (nSPS) is 17.9. The van der Waals surface area contributed by atoms with Crippen LogP contribution < -0.4 is 9.80 Å². The number of nitriles is 1. The monoisotopic (exact) mass is 389 g/mol. The van der Waals surface area contributed by atoms with Crippen LogP contribution in [0.1, 0.15) is 24.5 Å². The molecular weight excluding hydrogens is 369 g/mol. The summed E-state index contributed by atoms with van der Waals surface area (Å²) >= 11 is 0. The third kappa shape index (κ3) is 3.33. The van der Waals surface area contributed by atoms with Crippen LogP contribution in [0.5, 0.6) is 0 Å². The van der Waals surface area contributed by atoms with Crippen LogP contribution in [-0.2, 0) is 0 Å². The second-order valence-electron chi connectivity index (χ2n) is 7.63. The van der Waals surface area contributed by atoms with Gasteiger partial charge >= 0.3 is 0 Å². The highest BCUT2D eigenvalue weighted by Crippen LogP contribution is 2.34. The Morgan fingerprint density at radius 2 is 1.83 bits per heavy atom. The molecule has 0 bridgehead atoms. The quantitative estimate of drug-likeness (QED) is 0.681. The van der Waals surface area contributed by atoms with Crippen molar-refractivity contribution in [2.75, 3.05) is 36.0 Å². The molecule has 0 radical (unpaired) electrons. The van der Waals surface area contributed by atoms with Crippen molar-refractivity contribution in [2.45, 2.75) is 18.8 Å². The van der Waals surface area contributed by atoms with Crippen molar-refractivity contribution < 1.29 is 4.39 Å². The van der Waals surface area contributed by atoms with Gasteiger partial charge in [-0.2, -0.15) is 5.26 Å². The van der Waals surface area contributed by atoms with Crippen LogP contribution in [0.25, 0.3) is 10.9 Å². The number of hydrogen-bond acceptors (Lipinski definition) is 7. The summed E-state index contributed by atoms with van der Waals surface area (Å²) in [7, 11) is 0. The molecule has 1 aromatic carbocycles. The highest BCUT2D eigenvalue weighted by atomic mass is 19.1. The average molecular weight is 389 g/mol. The molecule has 8 heteroatoms. The molecule has 29 heavy (non-hydrogen) atoms. The second-order valence-corrected chi connectivity index (χ2v) is 7.63. The van der Waals surface area contributed by atoms with Gasteiger partial charge in [0.05, 0.1) is 17.3 Å². The number of rotatable bonds is 3. The summed E-state index contributed by atoms with van der Waals surface area (Å²) in [5.41, 5.74) is 1.74. The summed E-state index contributed by atoms with van der Waals surface area (Å²) in [5.74, 6) is 1.71. The van der Waals surface area contributed by atoms with Gasteiger partial charge in [-0.05, 0) is 31.0 Å². The number of nitrogens with zero attached hydrogens (tertiary/aromatic N) is 7. The van der Waals surface area contributed by atoms with Gasteiger partial charge < -0.3 is 9.80 Å². The topological polar surface area (TPSA) is 81.8 Å². The Kier molecular flexibility index (Phi) is 4.43. The van der Waals surface area contributed by atoms with Crippen LogP contribution in [0.3, 0.4) is 0 Å². The van der Waals surface area contributed by atoms with Crippen LogP contribution in [-0.4, -0.2) is 46.1 Å². The molecule has 4 heterocycles. The van der Waals surface area contributed by atoms with Crippen LogP contribution in [0.15, 0.2) is 36.8 Å². The number of halogens is 1. The SMILES string of the molecule is N#CC1CCN(c2nccnc2C2CN(c3ncc4cc(F)ccc4n3)C2)CC1. The first kappa shape index (κ1) is 17.7. The summed E-state index contributed by atoms with van der Waals surface area (Å²) in [6.45, 7) is 3.22. The summed E-state index contributed by atoms with van der Waals surface area (Å²) in [6.07, 6.45) is 6.88. The van der Waals surface area contributed by atoms with Gasteiger partial charge in [0.1, 0.15) is 5.82 Å². The van der Waals surface area contributed by atoms with Gasteiger partial charge in [-0.25, -0.2) is 19.3 Å². The lowest BCUT2D eigenvalue weighted by molar-refractivity contribution is 0.472. The summed E-state index contributed by atoms with van der Waals surface area (Å²) in [4.78, 5) is 22.5. The lowest BCUT2D eigenvalue weighted by Gasteiger charge is -2.40. The molecule has 0 amide bonds. The molecule has 0 aliphatic carbocycles. The van der Waals surface area contributed by atoms with Crippen molar-refractivity contribution in [3.05, 3.63) is 48.3 Å². The van der Waals surface area contributed by atoms with Crippen molar-refractivity contribution in [3.63, 3.8) is 0 Å². The Labute approximate surface area is 167 Å². The number of piperidine rings is 1. The number of benzene rings is 1. The maximum atomic E-state index is 13.3. The molecule has 3 aromatic rings. The molecule has 0 unspecified atom stereocenters. The third-order valence-corrected chi connectivity index (χ3v) is 5.76. The van der Waals surface area contributed by atoms with E-state index in [0.29, 0.717) is 11.3 Å². The molecular formula is C21H20FN7. The molecule has 2 aliphatic rings. The Bertz CT molecular complexity index is 1080. The van der Waals surface area contributed by atoms with E-state index in [0.717, 1.165) is 56.0 Å². The molecule has 146 valence electrons. The van der Waals surface area contributed by atoms with Gasteiger partial charge in [0.25, 0.3) is 0 Å².